The Bertz CT molecular complexity index is 336. The summed E-state index contributed by atoms with van der Waals surface area (Å²) in [4.78, 5) is 2.40. The zero-order valence-corrected chi connectivity index (χ0v) is 11.5. The normalized spacial score (nSPS) is 21.0. The van der Waals surface area contributed by atoms with Crippen molar-refractivity contribution < 1.29 is 4.74 Å². The third kappa shape index (κ3) is 4.01. The predicted octanol–water partition coefficient (Wildman–Crippen LogP) is 2.24. The van der Waals surface area contributed by atoms with E-state index in [0.717, 1.165) is 36.3 Å². The van der Waals surface area contributed by atoms with Gasteiger partial charge in [-0.05, 0) is 32.7 Å². The van der Waals surface area contributed by atoms with E-state index in [4.69, 9.17) is 4.74 Å². The van der Waals surface area contributed by atoms with Crippen LogP contribution in [0.15, 0.2) is 0 Å². The molecule has 0 N–H and O–H groups in total. The molecule has 17 heavy (non-hydrogen) atoms. The summed E-state index contributed by atoms with van der Waals surface area (Å²) in [5.41, 5.74) is 0. The van der Waals surface area contributed by atoms with Crippen LogP contribution in [0.2, 0.25) is 0 Å². The number of aromatic nitrogens is 2. The van der Waals surface area contributed by atoms with E-state index in [2.05, 4.69) is 22.0 Å². The second-order valence-corrected chi connectivity index (χ2v) is 5.80. The van der Waals surface area contributed by atoms with Crippen LogP contribution in [0, 0.1) is 6.92 Å². The lowest BCUT2D eigenvalue weighted by Crippen LogP contribution is -2.35. The average molecular weight is 255 g/mol. The van der Waals surface area contributed by atoms with Crippen LogP contribution in [-0.4, -0.2) is 40.9 Å². The molecular weight excluding hydrogens is 234 g/mol. The third-order valence-corrected chi connectivity index (χ3v) is 3.93. The van der Waals surface area contributed by atoms with Crippen molar-refractivity contribution in [3.63, 3.8) is 0 Å². The standard InChI is InChI=1S/C12H21N3OS/c1-3-15(8-11-6-4-5-7-16-11)9-12-14-13-10(2)17-12/h11H,3-9H2,1-2H3. The van der Waals surface area contributed by atoms with Gasteiger partial charge >= 0.3 is 0 Å². The van der Waals surface area contributed by atoms with E-state index in [0.29, 0.717) is 6.10 Å². The molecule has 2 rings (SSSR count). The molecule has 0 bridgehead atoms. The first-order valence-corrected chi connectivity index (χ1v) is 7.22. The van der Waals surface area contributed by atoms with Crippen LogP contribution in [-0.2, 0) is 11.3 Å². The molecule has 0 amide bonds. The number of rotatable bonds is 5. The topological polar surface area (TPSA) is 38.2 Å². The van der Waals surface area contributed by atoms with Crippen molar-refractivity contribution in [2.24, 2.45) is 0 Å². The van der Waals surface area contributed by atoms with Gasteiger partial charge in [-0.15, -0.1) is 21.5 Å². The maximum Gasteiger partial charge on any atom is 0.131 e. The second kappa shape index (κ2) is 6.42. The van der Waals surface area contributed by atoms with E-state index >= 15 is 0 Å². The third-order valence-electron chi connectivity index (χ3n) is 3.11. The number of aryl methyl sites for hydroxylation is 1. The van der Waals surface area contributed by atoms with Crippen molar-refractivity contribution in [3.05, 3.63) is 10.0 Å². The van der Waals surface area contributed by atoms with Crippen LogP contribution in [0.25, 0.3) is 0 Å². The van der Waals surface area contributed by atoms with Crippen LogP contribution < -0.4 is 0 Å². The first-order valence-electron chi connectivity index (χ1n) is 6.41. The first kappa shape index (κ1) is 12.9. The molecule has 0 aliphatic carbocycles. The van der Waals surface area contributed by atoms with Gasteiger partial charge < -0.3 is 4.74 Å². The molecule has 0 aromatic carbocycles. The summed E-state index contributed by atoms with van der Waals surface area (Å²) in [7, 11) is 0. The minimum Gasteiger partial charge on any atom is -0.377 e. The van der Waals surface area contributed by atoms with Gasteiger partial charge in [-0.2, -0.15) is 0 Å². The molecule has 1 unspecified atom stereocenters. The Kier molecular flexibility index (Phi) is 4.88. The Morgan fingerprint density at radius 2 is 2.29 bits per heavy atom. The fraction of sp³-hybridized carbons (Fsp3) is 0.833. The van der Waals surface area contributed by atoms with Crippen molar-refractivity contribution in [3.8, 4) is 0 Å². The molecule has 0 saturated carbocycles. The Labute approximate surface area is 107 Å². The zero-order valence-electron chi connectivity index (χ0n) is 10.7. The van der Waals surface area contributed by atoms with Gasteiger partial charge in [0.1, 0.15) is 10.0 Å². The molecule has 1 atom stereocenters. The van der Waals surface area contributed by atoms with Gasteiger partial charge in [0.2, 0.25) is 0 Å². The molecule has 1 aromatic heterocycles. The molecule has 0 radical (unpaired) electrons. The Hall–Kier alpha value is -0.520. The molecule has 4 nitrogen and oxygen atoms in total. The number of nitrogens with zero attached hydrogens (tertiary/aromatic N) is 3. The van der Waals surface area contributed by atoms with Gasteiger partial charge in [-0.25, -0.2) is 0 Å². The molecule has 1 aromatic rings. The van der Waals surface area contributed by atoms with Crippen LogP contribution in [0.5, 0.6) is 0 Å². The zero-order chi connectivity index (χ0) is 12.1. The lowest BCUT2D eigenvalue weighted by molar-refractivity contribution is -0.00627. The highest BCUT2D eigenvalue weighted by molar-refractivity contribution is 7.11. The summed E-state index contributed by atoms with van der Waals surface area (Å²) < 4.78 is 5.78. The van der Waals surface area contributed by atoms with E-state index in [1.54, 1.807) is 11.3 Å². The molecule has 96 valence electrons. The Morgan fingerprint density at radius 3 is 2.88 bits per heavy atom. The maximum atomic E-state index is 5.78. The monoisotopic (exact) mass is 255 g/mol. The number of ether oxygens (including phenoxy) is 1. The summed E-state index contributed by atoms with van der Waals surface area (Å²) in [6.45, 7) is 8.09. The molecule has 5 heteroatoms. The molecular formula is C12H21N3OS. The molecule has 0 spiro atoms. The minimum atomic E-state index is 0.415. The second-order valence-electron chi connectivity index (χ2n) is 4.53. The van der Waals surface area contributed by atoms with Crippen LogP contribution >= 0.6 is 11.3 Å². The first-order chi connectivity index (χ1) is 8.28. The molecule has 1 saturated heterocycles. The van der Waals surface area contributed by atoms with Crippen LogP contribution in [0.3, 0.4) is 0 Å². The van der Waals surface area contributed by atoms with E-state index in [-0.39, 0.29) is 0 Å². The highest BCUT2D eigenvalue weighted by atomic mass is 32.1. The van der Waals surface area contributed by atoms with Gasteiger partial charge in [0.25, 0.3) is 0 Å². The summed E-state index contributed by atoms with van der Waals surface area (Å²) in [6.07, 6.45) is 4.14. The van der Waals surface area contributed by atoms with Crippen molar-refractivity contribution in [1.29, 1.82) is 0 Å². The minimum absolute atomic E-state index is 0.415. The number of hydrogen-bond donors (Lipinski definition) is 0. The van der Waals surface area contributed by atoms with Gasteiger partial charge in [0.05, 0.1) is 12.6 Å². The van der Waals surface area contributed by atoms with Crippen molar-refractivity contribution in [1.82, 2.24) is 15.1 Å². The summed E-state index contributed by atoms with van der Waals surface area (Å²) >= 11 is 1.69. The lowest BCUT2D eigenvalue weighted by Gasteiger charge is -2.28. The predicted molar refractivity (Wildman–Crippen MR) is 69.2 cm³/mol. The Balaban J connectivity index is 1.83. The average Bonchev–Trinajstić information content (AvgIpc) is 2.75. The number of hydrogen-bond acceptors (Lipinski definition) is 5. The van der Waals surface area contributed by atoms with Gasteiger partial charge in [0.15, 0.2) is 0 Å². The quantitative estimate of drug-likeness (QED) is 0.809. The molecule has 1 aliphatic rings. The van der Waals surface area contributed by atoms with E-state index < -0.39 is 0 Å². The highest BCUT2D eigenvalue weighted by Gasteiger charge is 2.17. The van der Waals surface area contributed by atoms with E-state index in [1.807, 2.05) is 6.92 Å². The van der Waals surface area contributed by atoms with Crippen molar-refractivity contribution in [2.45, 2.75) is 45.8 Å². The van der Waals surface area contributed by atoms with Crippen molar-refractivity contribution in [2.75, 3.05) is 19.7 Å². The largest absolute Gasteiger partial charge is 0.377 e. The smallest absolute Gasteiger partial charge is 0.131 e. The van der Waals surface area contributed by atoms with Crippen LogP contribution in [0.1, 0.15) is 36.2 Å². The fourth-order valence-electron chi connectivity index (χ4n) is 2.14. The maximum absolute atomic E-state index is 5.78. The lowest BCUT2D eigenvalue weighted by atomic mass is 10.1. The SMILES string of the molecule is CCN(Cc1nnc(C)s1)CC1CCCCO1. The summed E-state index contributed by atoms with van der Waals surface area (Å²) in [6, 6.07) is 0. The van der Waals surface area contributed by atoms with Gasteiger partial charge in [0, 0.05) is 13.2 Å². The van der Waals surface area contributed by atoms with E-state index in [1.165, 1.54) is 19.3 Å². The van der Waals surface area contributed by atoms with Gasteiger partial charge in [-0.3, -0.25) is 4.90 Å². The Morgan fingerprint density at radius 1 is 1.41 bits per heavy atom. The molecule has 1 aliphatic heterocycles. The molecule has 2 heterocycles. The van der Waals surface area contributed by atoms with E-state index in [9.17, 15) is 0 Å². The van der Waals surface area contributed by atoms with Gasteiger partial charge in [-0.1, -0.05) is 6.92 Å². The molecule has 1 fully saturated rings. The highest BCUT2D eigenvalue weighted by Crippen LogP contribution is 2.16. The summed E-state index contributed by atoms with van der Waals surface area (Å²) in [5.74, 6) is 0. The fourth-order valence-corrected chi connectivity index (χ4v) is 2.89. The van der Waals surface area contributed by atoms with Crippen molar-refractivity contribution >= 4 is 11.3 Å². The number of likely N-dealkylation sites (N-methyl/N-ethyl adjacent to an activating group) is 1. The van der Waals surface area contributed by atoms with Crippen LogP contribution in [0.4, 0.5) is 0 Å². The summed E-state index contributed by atoms with van der Waals surface area (Å²) in [5, 5.41) is 10.4.